The molecule has 0 radical (unpaired) electrons. The zero-order chi connectivity index (χ0) is 16.9. The van der Waals surface area contributed by atoms with Gasteiger partial charge in [-0.2, -0.15) is 0 Å². The molecule has 7 heteroatoms. The van der Waals surface area contributed by atoms with Crippen LogP contribution in [0.3, 0.4) is 0 Å². The molecule has 0 spiro atoms. The van der Waals surface area contributed by atoms with E-state index in [4.69, 9.17) is 4.52 Å². The summed E-state index contributed by atoms with van der Waals surface area (Å²) in [6.07, 6.45) is 3.87. The molecular formula is C17H17N5O2. The third-order valence-corrected chi connectivity index (χ3v) is 3.40. The van der Waals surface area contributed by atoms with Gasteiger partial charge in [0.25, 0.3) is 5.91 Å². The van der Waals surface area contributed by atoms with Gasteiger partial charge in [0.05, 0.1) is 5.56 Å². The van der Waals surface area contributed by atoms with Gasteiger partial charge in [0.2, 0.25) is 5.95 Å². The highest BCUT2D eigenvalue weighted by Gasteiger charge is 2.09. The molecule has 0 fully saturated rings. The van der Waals surface area contributed by atoms with E-state index in [2.05, 4.69) is 32.7 Å². The van der Waals surface area contributed by atoms with Crippen molar-refractivity contribution >= 4 is 23.4 Å². The van der Waals surface area contributed by atoms with E-state index in [0.717, 1.165) is 12.1 Å². The van der Waals surface area contributed by atoms with Crippen LogP contribution in [0.5, 0.6) is 0 Å². The third-order valence-electron chi connectivity index (χ3n) is 3.40. The van der Waals surface area contributed by atoms with E-state index in [1.54, 1.807) is 13.0 Å². The molecule has 122 valence electrons. The minimum Gasteiger partial charge on any atom is -0.360 e. The summed E-state index contributed by atoms with van der Waals surface area (Å²) in [4.78, 5) is 20.4. The fraction of sp³-hybridized carbons (Fsp3) is 0.176. The maximum Gasteiger partial charge on any atom is 0.258 e. The van der Waals surface area contributed by atoms with E-state index >= 15 is 0 Å². The molecule has 0 unspecified atom stereocenters. The lowest BCUT2D eigenvalue weighted by Gasteiger charge is -2.06. The van der Waals surface area contributed by atoms with Crippen molar-refractivity contribution in [2.75, 3.05) is 10.6 Å². The van der Waals surface area contributed by atoms with Crippen molar-refractivity contribution in [1.29, 1.82) is 0 Å². The number of carbonyl (C=O) groups excluding carboxylic acids is 1. The van der Waals surface area contributed by atoms with Crippen LogP contribution in [-0.4, -0.2) is 21.0 Å². The Morgan fingerprint density at radius 3 is 2.46 bits per heavy atom. The summed E-state index contributed by atoms with van der Waals surface area (Å²) in [5.41, 5.74) is 2.32. The molecule has 0 aliphatic rings. The van der Waals surface area contributed by atoms with Gasteiger partial charge in [0, 0.05) is 24.1 Å². The van der Waals surface area contributed by atoms with Gasteiger partial charge < -0.3 is 15.2 Å². The van der Waals surface area contributed by atoms with Gasteiger partial charge in [-0.1, -0.05) is 24.2 Å². The van der Waals surface area contributed by atoms with Crippen LogP contribution in [-0.2, 0) is 6.42 Å². The van der Waals surface area contributed by atoms with Gasteiger partial charge in [0.15, 0.2) is 5.82 Å². The van der Waals surface area contributed by atoms with Crippen molar-refractivity contribution in [2.24, 2.45) is 0 Å². The minimum absolute atomic E-state index is 0.261. The lowest BCUT2D eigenvalue weighted by atomic mass is 10.1. The Morgan fingerprint density at radius 1 is 1.17 bits per heavy atom. The van der Waals surface area contributed by atoms with Crippen LogP contribution in [0.4, 0.5) is 17.5 Å². The standard InChI is InChI=1S/C17H17N5O2/c1-3-12-4-6-14(7-5-12)20-16(23)13-9-18-17(19-10-13)21-15-8-11(2)24-22-15/h4-10H,3H2,1-2H3,(H,20,23)(H,18,19,21,22). The highest BCUT2D eigenvalue weighted by Crippen LogP contribution is 2.14. The van der Waals surface area contributed by atoms with E-state index in [9.17, 15) is 4.79 Å². The molecule has 0 saturated heterocycles. The van der Waals surface area contributed by atoms with Gasteiger partial charge in [-0.3, -0.25) is 4.79 Å². The molecule has 0 saturated carbocycles. The van der Waals surface area contributed by atoms with Crippen molar-refractivity contribution in [2.45, 2.75) is 20.3 Å². The highest BCUT2D eigenvalue weighted by molar-refractivity contribution is 6.03. The molecule has 7 nitrogen and oxygen atoms in total. The Kier molecular flexibility index (Phi) is 4.51. The summed E-state index contributed by atoms with van der Waals surface area (Å²) in [6.45, 7) is 3.88. The molecule has 3 rings (SSSR count). The Balaban J connectivity index is 1.64. The quantitative estimate of drug-likeness (QED) is 0.748. The number of amides is 1. The van der Waals surface area contributed by atoms with Crippen LogP contribution in [0, 0.1) is 6.92 Å². The number of hydrogen-bond donors (Lipinski definition) is 2. The number of aromatic nitrogens is 3. The molecule has 0 aliphatic carbocycles. The van der Waals surface area contributed by atoms with Crippen LogP contribution in [0.15, 0.2) is 47.2 Å². The second-order valence-corrected chi connectivity index (χ2v) is 5.25. The molecule has 2 N–H and O–H groups in total. The van der Waals surface area contributed by atoms with Crippen molar-refractivity contribution < 1.29 is 9.32 Å². The fourth-order valence-electron chi connectivity index (χ4n) is 2.08. The first-order valence-corrected chi connectivity index (χ1v) is 7.56. The number of rotatable bonds is 5. The van der Waals surface area contributed by atoms with Crippen molar-refractivity contribution in [3.8, 4) is 0 Å². The monoisotopic (exact) mass is 323 g/mol. The summed E-state index contributed by atoms with van der Waals surface area (Å²) in [5, 5.41) is 9.50. The van der Waals surface area contributed by atoms with E-state index < -0.39 is 0 Å². The van der Waals surface area contributed by atoms with E-state index in [-0.39, 0.29) is 5.91 Å². The van der Waals surface area contributed by atoms with Crippen LogP contribution in [0.2, 0.25) is 0 Å². The van der Waals surface area contributed by atoms with Crippen LogP contribution < -0.4 is 10.6 Å². The fourth-order valence-corrected chi connectivity index (χ4v) is 2.08. The molecule has 0 aliphatic heterocycles. The molecule has 0 bridgehead atoms. The predicted molar refractivity (Wildman–Crippen MR) is 90.3 cm³/mol. The van der Waals surface area contributed by atoms with Crippen molar-refractivity contribution in [3.05, 3.63) is 59.6 Å². The van der Waals surface area contributed by atoms with Crippen molar-refractivity contribution in [1.82, 2.24) is 15.1 Å². The summed E-state index contributed by atoms with van der Waals surface area (Å²) in [5.74, 6) is 1.28. The Morgan fingerprint density at radius 2 is 1.88 bits per heavy atom. The van der Waals surface area contributed by atoms with E-state index in [1.807, 2.05) is 24.3 Å². The smallest absolute Gasteiger partial charge is 0.258 e. The molecule has 2 heterocycles. The second kappa shape index (κ2) is 6.91. The number of anilines is 3. The largest absolute Gasteiger partial charge is 0.360 e. The molecule has 1 amide bonds. The summed E-state index contributed by atoms with van der Waals surface area (Å²) in [6, 6.07) is 9.45. The van der Waals surface area contributed by atoms with Crippen LogP contribution >= 0.6 is 0 Å². The minimum atomic E-state index is -0.261. The molecule has 24 heavy (non-hydrogen) atoms. The Hall–Kier alpha value is -3.22. The normalized spacial score (nSPS) is 10.4. The van der Waals surface area contributed by atoms with E-state index in [1.165, 1.54) is 18.0 Å². The van der Waals surface area contributed by atoms with Gasteiger partial charge in [-0.05, 0) is 31.0 Å². The molecule has 1 aromatic carbocycles. The van der Waals surface area contributed by atoms with Gasteiger partial charge in [-0.15, -0.1) is 0 Å². The average Bonchev–Trinajstić information content (AvgIpc) is 3.01. The van der Waals surface area contributed by atoms with Crippen molar-refractivity contribution in [3.63, 3.8) is 0 Å². The SMILES string of the molecule is CCc1ccc(NC(=O)c2cnc(Nc3cc(C)on3)nc2)cc1. The summed E-state index contributed by atoms with van der Waals surface area (Å²) in [7, 11) is 0. The first-order valence-electron chi connectivity index (χ1n) is 7.56. The number of nitrogens with zero attached hydrogens (tertiary/aromatic N) is 3. The average molecular weight is 323 g/mol. The van der Waals surface area contributed by atoms with E-state index in [0.29, 0.717) is 23.1 Å². The zero-order valence-electron chi connectivity index (χ0n) is 13.4. The number of carbonyl (C=O) groups is 1. The first-order chi connectivity index (χ1) is 11.6. The van der Waals surface area contributed by atoms with Gasteiger partial charge in [-0.25, -0.2) is 9.97 Å². The van der Waals surface area contributed by atoms with Gasteiger partial charge >= 0.3 is 0 Å². The number of aryl methyl sites for hydroxylation is 2. The Labute approximate surface area is 139 Å². The van der Waals surface area contributed by atoms with Crippen LogP contribution in [0.25, 0.3) is 0 Å². The lowest BCUT2D eigenvalue weighted by Crippen LogP contribution is -2.13. The highest BCUT2D eigenvalue weighted by atomic mass is 16.5. The molecule has 3 aromatic rings. The maximum absolute atomic E-state index is 12.2. The Bertz CT molecular complexity index is 825. The molecular weight excluding hydrogens is 306 g/mol. The molecule has 0 atom stereocenters. The zero-order valence-corrected chi connectivity index (χ0v) is 13.4. The molecule has 2 aromatic heterocycles. The lowest BCUT2D eigenvalue weighted by molar-refractivity contribution is 0.102. The summed E-state index contributed by atoms with van der Waals surface area (Å²) >= 11 is 0. The number of benzene rings is 1. The predicted octanol–water partition coefficient (Wildman–Crippen LogP) is 3.33. The number of hydrogen-bond acceptors (Lipinski definition) is 6. The third kappa shape index (κ3) is 3.75. The second-order valence-electron chi connectivity index (χ2n) is 5.25. The first kappa shape index (κ1) is 15.7. The summed E-state index contributed by atoms with van der Waals surface area (Å²) < 4.78 is 4.95. The number of nitrogens with one attached hydrogen (secondary N) is 2. The van der Waals surface area contributed by atoms with Crippen LogP contribution in [0.1, 0.15) is 28.6 Å². The van der Waals surface area contributed by atoms with Gasteiger partial charge in [0.1, 0.15) is 5.76 Å². The topological polar surface area (TPSA) is 92.9 Å². The maximum atomic E-state index is 12.2.